The third kappa shape index (κ3) is 4.84. The summed E-state index contributed by atoms with van der Waals surface area (Å²) in [5.41, 5.74) is 0.722. The van der Waals surface area contributed by atoms with Gasteiger partial charge in [-0.3, -0.25) is 29.1 Å². The van der Waals surface area contributed by atoms with Gasteiger partial charge in [0.1, 0.15) is 6.04 Å². The molecule has 1 aromatic rings. The average molecular weight is 453 g/mol. The zero-order valence-electron chi connectivity index (χ0n) is 19.4. The van der Waals surface area contributed by atoms with Gasteiger partial charge >= 0.3 is 0 Å². The number of amides is 4. The Labute approximate surface area is 194 Å². The Morgan fingerprint density at radius 2 is 1.58 bits per heavy atom. The summed E-state index contributed by atoms with van der Waals surface area (Å²) in [6.45, 7) is 5.64. The van der Waals surface area contributed by atoms with Crippen LogP contribution in [0.3, 0.4) is 0 Å². The maximum atomic E-state index is 13.5. The van der Waals surface area contributed by atoms with Gasteiger partial charge in [0.25, 0.3) is 0 Å². The lowest BCUT2D eigenvalue weighted by molar-refractivity contribution is -0.153. The Hall–Kier alpha value is -3.03. The molecule has 2 aliphatic heterocycles. The molecule has 0 aromatic carbocycles. The molecule has 3 heterocycles. The summed E-state index contributed by atoms with van der Waals surface area (Å²) in [5, 5.41) is 0. The minimum Gasteiger partial charge on any atom is -0.339 e. The summed E-state index contributed by atoms with van der Waals surface area (Å²) >= 11 is 0. The fourth-order valence-corrected chi connectivity index (χ4v) is 5.05. The molecule has 3 aliphatic rings. The third-order valence-corrected chi connectivity index (χ3v) is 6.84. The largest absolute Gasteiger partial charge is 0.339 e. The van der Waals surface area contributed by atoms with E-state index in [1.165, 1.54) is 4.90 Å². The highest BCUT2D eigenvalue weighted by atomic mass is 16.2. The number of carbonyl (C=O) groups excluding carboxylic acids is 4. The Balaban J connectivity index is 1.41. The lowest BCUT2D eigenvalue weighted by atomic mass is 9.85. The average Bonchev–Trinajstić information content (AvgIpc) is 3.08. The maximum absolute atomic E-state index is 13.5. The number of hydrogen-bond donors (Lipinski definition) is 0. The Bertz CT molecular complexity index is 911. The van der Waals surface area contributed by atoms with Crippen LogP contribution in [-0.4, -0.2) is 75.5 Å². The van der Waals surface area contributed by atoms with Crippen LogP contribution >= 0.6 is 0 Å². The van der Waals surface area contributed by atoms with E-state index < -0.39 is 6.04 Å². The van der Waals surface area contributed by atoms with Gasteiger partial charge in [-0.15, -0.1) is 0 Å². The van der Waals surface area contributed by atoms with Crippen molar-refractivity contribution in [3.8, 4) is 0 Å². The molecular formula is C25H32N4O4. The molecule has 33 heavy (non-hydrogen) atoms. The molecule has 2 saturated heterocycles. The topological polar surface area (TPSA) is 90.9 Å². The van der Waals surface area contributed by atoms with Crippen LogP contribution in [0.25, 0.3) is 0 Å². The summed E-state index contributed by atoms with van der Waals surface area (Å²) in [6.07, 6.45) is 7.38. The molecular weight excluding hydrogens is 420 g/mol. The van der Waals surface area contributed by atoms with Gasteiger partial charge in [0.15, 0.2) is 0 Å². The first-order valence-electron chi connectivity index (χ1n) is 11.8. The Kier molecular flexibility index (Phi) is 6.91. The van der Waals surface area contributed by atoms with Gasteiger partial charge in [0, 0.05) is 38.1 Å². The van der Waals surface area contributed by atoms with Crippen LogP contribution < -0.4 is 0 Å². The van der Waals surface area contributed by atoms with E-state index in [1.54, 1.807) is 16.0 Å². The van der Waals surface area contributed by atoms with Crippen molar-refractivity contribution >= 4 is 23.6 Å². The first-order chi connectivity index (χ1) is 15.9. The minimum atomic E-state index is -0.772. The number of hydrogen-bond acceptors (Lipinski definition) is 5. The third-order valence-electron chi connectivity index (χ3n) is 6.84. The molecule has 0 radical (unpaired) electrons. The fraction of sp³-hybridized carbons (Fsp3) is 0.560. The number of piperazine rings is 1. The quantitative estimate of drug-likeness (QED) is 0.484. The molecule has 0 saturated carbocycles. The number of nitrogens with zero attached hydrogens (tertiary/aromatic N) is 4. The van der Waals surface area contributed by atoms with E-state index in [1.807, 2.05) is 44.2 Å². The number of rotatable bonds is 6. The summed E-state index contributed by atoms with van der Waals surface area (Å²) in [6, 6.07) is 4.72. The lowest BCUT2D eigenvalue weighted by Crippen LogP contribution is -2.57. The Morgan fingerprint density at radius 1 is 0.970 bits per heavy atom. The van der Waals surface area contributed by atoms with Crippen molar-refractivity contribution in [3.63, 3.8) is 0 Å². The second-order valence-electron chi connectivity index (χ2n) is 9.55. The van der Waals surface area contributed by atoms with E-state index in [0.29, 0.717) is 45.4 Å². The van der Waals surface area contributed by atoms with E-state index in [2.05, 4.69) is 4.98 Å². The highest BCUT2D eigenvalue weighted by Crippen LogP contribution is 2.37. The normalized spacial score (nSPS) is 23.8. The van der Waals surface area contributed by atoms with Crippen LogP contribution in [0.4, 0.5) is 0 Å². The summed E-state index contributed by atoms with van der Waals surface area (Å²) < 4.78 is 0. The molecule has 3 atom stereocenters. The SMILES string of the molecule is CC(C)CC(C(=O)N1CCN(C(=O)Cc2ccccn2)CC1)N1C(=O)C2CC=CCC2C1=O. The molecule has 0 bridgehead atoms. The maximum Gasteiger partial charge on any atom is 0.246 e. The highest BCUT2D eigenvalue weighted by Gasteiger charge is 2.51. The van der Waals surface area contributed by atoms with Crippen molar-refractivity contribution in [3.05, 3.63) is 42.2 Å². The zero-order chi connectivity index (χ0) is 23.5. The fourth-order valence-electron chi connectivity index (χ4n) is 5.05. The lowest BCUT2D eigenvalue weighted by Gasteiger charge is -2.38. The van der Waals surface area contributed by atoms with E-state index in [0.717, 1.165) is 5.69 Å². The number of likely N-dealkylation sites (tertiary alicyclic amines) is 1. The van der Waals surface area contributed by atoms with Crippen molar-refractivity contribution in [1.29, 1.82) is 0 Å². The molecule has 8 heteroatoms. The smallest absolute Gasteiger partial charge is 0.246 e. The molecule has 2 fully saturated rings. The second kappa shape index (κ2) is 9.85. The zero-order valence-corrected chi connectivity index (χ0v) is 19.4. The number of allylic oxidation sites excluding steroid dienone is 2. The van der Waals surface area contributed by atoms with Crippen LogP contribution in [0.1, 0.15) is 38.8 Å². The molecule has 8 nitrogen and oxygen atoms in total. The van der Waals surface area contributed by atoms with Gasteiger partial charge in [0.05, 0.1) is 18.3 Å². The Morgan fingerprint density at radius 3 is 2.12 bits per heavy atom. The standard InChI is InChI=1S/C25H32N4O4/c1-17(2)15-21(29-23(31)19-8-3-4-9-20(19)24(29)32)25(33)28-13-11-27(12-14-28)22(30)16-18-7-5-6-10-26-18/h3-7,10,17,19-21H,8-9,11-16H2,1-2H3. The van der Waals surface area contributed by atoms with Gasteiger partial charge in [-0.25, -0.2) is 0 Å². The minimum absolute atomic E-state index is 0.0130. The van der Waals surface area contributed by atoms with Crippen molar-refractivity contribution in [2.75, 3.05) is 26.2 Å². The van der Waals surface area contributed by atoms with Gasteiger partial charge < -0.3 is 9.80 Å². The van der Waals surface area contributed by atoms with E-state index in [9.17, 15) is 19.2 Å². The first kappa shape index (κ1) is 23.1. The van der Waals surface area contributed by atoms with Crippen molar-refractivity contribution in [1.82, 2.24) is 19.7 Å². The molecule has 4 amide bonds. The molecule has 4 rings (SSSR count). The number of fused-ring (bicyclic) bond motifs is 1. The molecule has 3 unspecified atom stereocenters. The molecule has 1 aliphatic carbocycles. The molecule has 1 aromatic heterocycles. The van der Waals surface area contributed by atoms with Crippen LogP contribution in [0.2, 0.25) is 0 Å². The van der Waals surface area contributed by atoms with Crippen molar-refractivity contribution < 1.29 is 19.2 Å². The monoisotopic (exact) mass is 452 g/mol. The highest BCUT2D eigenvalue weighted by molar-refractivity contribution is 6.08. The van der Waals surface area contributed by atoms with Crippen molar-refractivity contribution in [2.24, 2.45) is 17.8 Å². The predicted octanol–water partition coefficient (Wildman–Crippen LogP) is 1.66. The van der Waals surface area contributed by atoms with Crippen LogP contribution in [0, 0.1) is 17.8 Å². The van der Waals surface area contributed by atoms with Crippen LogP contribution in [-0.2, 0) is 25.6 Å². The number of aromatic nitrogens is 1. The summed E-state index contributed by atoms with van der Waals surface area (Å²) in [4.78, 5) is 61.3. The van der Waals surface area contributed by atoms with E-state index in [-0.39, 0.29) is 47.8 Å². The molecule has 0 spiro atoms. The first-order valence-corrected chi connectivity index (χ1v) is 11.8. The number of imide groups is 1. The summed E-state index contributed by atoms with van der Waals surface area (Å²) in [7, 11) is 0. The molecule has 0 N–H and O–H groups in total. The predicted molar refractivity (Wildman–Crippen MR) is 122 cm³/mol. The van der Waals surface area contributed by atoms with Crippen molar-refractivity contribution in [2.45, 2.75) is 45.6 Å². The van der Waals surface area contributed by atoms with Crippen LogP contribution in [0.15, 0.2) is 36.5 Å². The van der Waals surface area contributed by atoms with E-state index >= 15 is 0 Å². The molecule has 176 valence electrons. The van der Waals surface area contributed by atoms with Gasteiger partial charge in [-0.1, -0.05) is 32.1 Å². The number of carbonyl (C=O) groups is 4. The van der Waals surface area contributed by atoms with Crippen LogP contribution in [0.5, 0.6) is 0 Å². The number of pyridine rings is 1. The second-order valence-corrected chi connectivity index (χ2v) is 9.55. The summed E-state index contributed by atoms with van der Waals surface area (Å²) in [5.74, 6) is -1.15. The van der Waals surface area contributed by atoms with Gasteiger partial charge in [-0.05, 0) is 37.3 Å². The van der Waals surface area contributed by atoms with Gasteiger partial charge in [-0.2, -0.15) is 0 Å². The van der Waals surface area contributed by atoms with E-state index in [4.69, 9.17) is 0 Å². The van der Waals surface area contributed by atoms with Gasteiger partial charge in [0.2, 0.25) is 23.6 Å².